The van der Waals surface area contributed by atoms with Gasteiger partial charge in [0.05, 0.1) is 11.1 Å². The van der Waals surface area contributed by atoms with Crippen LogP contribution in [0.4, 0.5) is 5.69 Å². The van der Waals surface area contributed by atoms with Crippen LogP contribution in [-0.4, -0.2) is 28.0 Å². The van der Waals surface area contributed by atoms with Gasteiger partial charge in [0.2, 0.25) is 0 Å². The molecule has 2 aromatic carbocycles. The van der Waals surface area contributed by atoms with E-state index in [1.54, 1.807) is 53.4 Å². The number of anilines is 1. The Bertz CT molecular complexity index is 1400. The molecule has 0 aliphatic rings. The van der Waals surface area contributed by atoms with Crippen molar-refractivity contribution in [2.45, 2.75) is 11.3 Å². The number of aromatic nitrogens is 3. The lowest BCUT2D eigenvalue weighted by Crippen LogP contribution is -2.10. The number of hydrogen-bond donors (Lipinski definition) is 1. The van der Waals surface area contributed by atoms with Crippen molar-refractivity contribution in [1.82, 2.24) is 13.8 Å². The largest absolute Gasteiger partial charge is 0.398 e. The Kier molecular flexibility index (Phi) is 5.79. The predicted octanol–water partition coefficient (Wildman–Crippen LogP) is 3.53. The van der Waals surface area contributed by atoms with E-state index in [4.69, 9.17) is 5.73 Å². The average Bonchev–Trinajstić information content (AvgIpc) is 3.44. The average molecular weight is 447 g/mol. The second-order valence-electron chi connectivity index (χ2n) is 7.38. The molecule has 0 aliphatic heterocycles. The number of nitrogens with two attached hydrogens (primary N) is 1. The van der Waals surface area contributed by atoms with E-state index >= 15 is 0 Å². The van der Waals surface area contributed by atoms with Crippen molar-refractivity contribution < 1.29 is 13.2 Å². The van der Waals surface area contributed by atoms with Crippen LogP contribution >= 0.6 is 0 Å². The number of aryl methyl sites for hydroxylation is 1. The summed E-state index contributed by atoms with van der Waals surface area (Å²) in [6.07, 6.45) is 9.74. The molecule has 0 aliphatic carbocycles. The number of rotatable bonds is 7. The number of para-hydroxylation sites is 1. The number of allylic oxidation sites excluding steroid dienone is 1. The first-order valence-corrected chi connectivity index (χ1v) is 11.3. The second-order valence-corrected chi connectivity index (χ2v) is 9.23. The van der Waals surface area contributed by atoms with Crippen LogP contribution in [0.15, 0.2) is 90.4 Å². The molecule has 0 atom stereocenters. The number of ketones is 1. The van der Waals surface area contributed by atoms with Crippen LogP contribution in [-0.2, 0) is 28.3 Å². The SMILES string of the molecule is Cn1cc(-c2ccc(S(=O)(=O)n3ccc(/C=C/C(=O)Cc4ccccc4N)c3)cc2)cn1. The maximum atomic E-state index is 13.0. The van der Waals surface area contributed by atoms with Gasteiger partial charge < -0.3 is 5.73 Å². The molecule has 0 bridgehead atoms. The Hall–Kier alpha value is -3.91. The number of nitrogen functional groups attached to an aromatic ring is 1. The fraction of sp³-hybridized carbons (Fsp3) is 0.0833. The molecule has 4 aromatic rings. The van der Waals surface area contributed by atoms with Gasteiger partial charge in [0.25, 0.3) is 10.0 Å². The first-order valence-electron chi connectivity index (χ1n) is 9.90. The van der Waals surface area contributed by atoms with Crippen LogP contribution in [0.25, 0.3) is 17.2 Å². The zero-order valence-electron chi connectivity index (χ0n) is 17.4. The van der Waals surface area contributed by atoms with Crippen LogP contribution in [0.5, 0.6) is 0 Å². The molecule has 0 unspecified atom stereocenters. The Labute approximate surface area is 186 Å². The van der Waals surface area contributed by atoms with Crippen molar-refractivity contribution in [3.63, 3.8) is 0 Å². The molecular weight excluding hydrogens is 424 g/mol. The van der Waals surface area contributed by atoms with Crippen molar-refractivity contribution in [2.75, 3.05) is 5.73 Å². The first-order chi connectivity index (χ1) is 15.3. The third-order valence-corrected chi connectivity index (χ3v) is 6.69. The van der Waals surface area contributed by atoms with Gasteiger partial charge in [0.15, 0.2) is 5.78 Å². The molecule has 8 heteroatoms. The summed E-state index contributed by atoms with van der Waals surface area (Å²) >= 11 is 0. The number of benzene rings is 2. The molecule has 2 aromatic heterocycles. The third-order valence-electron chi connectivity index (χ3n) is 5.04. The fourth-order valence-electron chi connectivity index (χ4n) is 3.28. The lowest BCUT2D eigenvalue weighted by molar-refractivity contribution is -0.113. The second kappa shape index (κ2) is 8.68. The molecule has 2 heterocycles. The Morgan fingerprint density at radius 3 is 2.47 bits per heavy atom. The highest BCUT2D eigenvalue weighted by molar-refractivity contribution is 7.90. The zero-order chi connectivity index (χ0) is 22.7. The van der Waals surface area contributed by atoms with Gasteiger partial charge in [-0.3, -0.25) is 9.48 Å². The third kappa shape index (κ3) is 4.55. The summed E-state index contributed by atoms with van der Waals surface area (Å²) < 4.78 is 28.7. The summed E-state index contributed by atoms with van der Waals surface area (Å²) in [5, 5.41) is 4.13. The van der Waals surface area contributed by atoms with E-state index in [2.05, 4.69) is 5.10 Å². The molecular formula is C24H22N4O3S. The fourth-order valence-corrected chi connectivity index (χ4v) is 4.49. The molecule has 0 saturated carbocycles. The molecule has 0 fully saturated rings. The van der Waals surface area contributed by atoms with E-state index in [0.717, 1.165) is 20.7 Å². The quantitative estimate of drug-likeness (QED) is 0.346. The first kappa shape index (κ1) is 21.3. The van der Waals surface area contributed by atoms with E-state index in [0.29, 0.717) is 11.3 Å². The molecule has 162 valence electrons. The highest BCUT2D eigenvalue weighted by Gasteiger charge is 2.16. The summed E-state index contributed by atoms with van der Waals surface area (Å²) in [5.41, 5.74) is 9.60. The lowest BCUT2D eigenvalue weighted by Gasteiger charge is -2.06. The number of nitrogens with zero attached hydrogens (tertiary/aromatic N) is 3. The minimum atomic E-state index is -3.74. The molecule has 0 amide bonds. The summed E-state index contributed by atoms with van der Waals surface area (Å²) in [6.45, 7) is 0. The highest BCUT2D eigenvalue weighted by atomic mass is 32.2. The van der Waals surface area contributed by atoms with Gasteiger partial charge in [-0.25, -0.2) is 12.4 Å². The van der Waals surface area contributed by atoms with Crippen molar-refractivity contribution in [2.24, 2.45) is 7.05 Å². The molecule has 4 rings (SSSR count). The van der Waals surface area contributed by atoms with E-state index < -0.39 is 10.0 Å². The van der Waals surface area contributed by atoms with Crippen molar-refractivity contribution >= 4 is 27.6 Å². The van der Waals surface area contributed by atoms with Gasteiger partial charge in [0.1, 0.15) is 0 Å². The smallest absolute Gasteiger partial charge is 0.267 e. The number of carbonyl (C=O) groups is 1. The van der Waals surface area contributed by atoms with Crippen molar-refractivity contribution in [3.8, 4) is 11.1 Å². The topological polar surface area (TPSA) is 100.0 Å². The van der Waals surface area contributed by atoms with Gasteiger partial charge in [-0.1, -0.05) is 30.3 Å². The summed E-state index contributed by atoms with van der Waals surface area (Å²) in [5.74, 6) is -0.121. The maximum Gasteiger partial charge on any atom is 0.267 e. The van der Waals surface area contributed by atoms with Crippen LogP contribution in [0, 0.1) is 0 Å². The lowest BCUT2D eigenvalue weighted by atomic mass is 10.1. The molecule has 2 N–H and O–H groups in total. The van der Waals surface area contributed by atoms with Crippen molar-refractivity contribution in [1.29, 1.82) is 0 Å². The van der Waals surface area contributed by atoms with Crippen molar-refractivity contribution in [3.05, 3.63) is 96.6 Å². The molecule has 0 saturated heterocycles. The minimum Gasteiger partial charge on any atom is -0.398 e. The van der Waals surface area contributed by atoms with E-state index in [1.165, 1.54) is 18.5 Å². The molecule has 0 radical (unpaired) electrons. The van der Waals surface area contributed by atoms with Crippen LogP contribution in [0.3, 0.4) is 0 Å². The normalized spacial score (nSPS) is 11.8. The highest BCUT2D eigenvalue weighted by Crippen LogP contribution is 2.22. The van der Waals surface area contributed by atoms with E-state index in [1.807, 2.05) is 31.4 Å². The standard InChI is InChI=1S/C24H22N4O3S/c1-27-17-21(15-26-27)19-7-10-23(11-8-19)32(30,31)28-13-12-18(16-28)6-9-22(29)14-20-4-2-3-5-24(20)25/h2-13,15-17H,14,25H2,1H3/b9-6+. The van der Waals surface area contributed by atoms with Gasteiger partial charge in [-0.15, -0.1) is 0 Å². The zero-order valence-corrected chi connectivity index (χ0v) is 18.2. The Morgan fingerprint density at radius 2 is 1.78 bits per heavy atom. The molecule has 0 spiro atoms. The minimum absolute atomic E-state index is 0.121. The molecule has 32 heavy (non-hydrogen) atoms. The van der Waals surface area contributed by atoms with Crippen LogP contribution in [0.1, 0.15) is 11.1 Å². The number of hydrogen-bond acceptors (Lipinski definition) is 5. The monoisotopic (exact) mass is 446 g/mol. The van der Waals surface area contributed by atoms with Crippen LogP contribution in [0.2, 0.25) is 0 Å². The number of carbonyl (C=O) groups excluding carboxylic acids is 1. The Balaban J connectivity index is 1.48. The Morgan fingerprint density at radius 1 is 1.03 bits per heavy atom. The summed E-state index contributed by atoms with van der Waals surface area (Å²) in [6, 6.07) is 15.5. The molecule has 7 nitrogen and oxygen atoms in total. The maximum absolute atomic E-state index is 13.0. The van der Waals surface area contributed by atoms with E-state index in [9.17, 15) is 13.2 Å². The summed E-state index contributed by atoms with van der Waals surface area (Å²) in [4.78, 5) is 12.4. The van der Waals surface area contributed by atoms with Gasteiger partial charge >= 0.3 is 0 Å². The van der Waals surface area contributed by atoms with E-state index in [-0.39, 0.29) is 17.1 Å². The van der Waals surface area contributed by atoms with Gasteiger partial charge in [-0.05, 0) is 53.1 Å². The van der Waals surface area contributed by atoms with Gasteiger partial charge in [0, 0.05) is 43.3 Å². The summed E-state index contributed by atoms with van der Waals surface area (Å²) in [7, 11) is -1.92. The predicted molar refractivity (Wildman–Crippen MR) is 124 cm³/mol. The van der Waals surface area contributed by atoms with Gasteiger partial charge in [-0.2, -0.15) is 5.10 Å². The van der Waals surface area contributed by atoms with Crippen LogP contribution < -0.4 is 5.73 Å².